The first-order chi connectivity index (χ1) is 10.1. The Hall–Kier alpha value is -1.59. The van der Waals surface area contributed by atoms with Crippen molar-refractivity contribution in [3.63, 3.8) is 0 Å². The van der Waals surface area contributed by atoms with E-state index in [2.05, 4.69) is 16.3 Å². The zero-order valence-corrected chi connectivity index (χ0v) is 12.8. The van der Waals surface area contributed by atoms with Gasteiger partial charge in [0.05, 0.1) is 12.2 Å². The van der Waals surface area contributed by atoms with E-state index < -0.39 is 5.60 Å². The van der Waals surface area contributed by atoms with Gasteiger partial charge in [0, 0.05) is 32.7 Å². The summed E-state index contributed by atoms with van der Waals surface area (Å²) in [6, 6.07) is 8.14. The van der Waals surface area contributed by atoms with Gasteiger partial charge in [-0.05, 0) is 25.5 Å². The molecule has 1 N–H and O–H groups in total. The van der Waals surface area contributed by atoms with Gasteiger partial charge in [-0.15, -0.1) is 0 Å². The van der Waals surface area contributed by atoms with E-state index in [-0.39, 0.29) is 6.09 Å². The molecular weight excluding hydrogens is 266 g/mol. The van der Waals surface area contributed by atoms with Crippen molar-refractivity contribution in [3.05, 3.63) is 29.8 Å². The number of carbonyl (C=O) groups is 1. The molecule has 0 unspecified atom stereocenters. The third kappa shape index (κ3) is 3.19. The topological polar surface area (TPSA) is 44.8 Å². The Morgan fingerprint density at radius 2 is 1.95 bits per heavy atom. The molecule has 3 rings (SSSR count). The predicted molar refractivity (Wildman–Crippen MR) is 82.5 cm³/mol. The molecule has 0 spiro atoms. The summed E-state index contributed by atoms with van der Waals surface area (Å²) < 4.78 is 5.42. The van der Waals surface area contributed by atoms with Gasteiger partial charge in [-0.1, -0.05) is 18.2 Å². The summed E-state index contributed by atoms with van der Waals surface area (Å²) in [5, 5.41) is 3.36. The number of piperazine rings is 1. The van der Waals surface area contributed by atoms with Crippen molar-refractivity contribution in [1.29, 1.82) is 0 Å². The lowest BCUT2D eigenvalue weighted by atomic mass is 10.1. The van der Waals surface area contributed by atoms with Gasteiger partial charge in [-0.25, -0.2) is 4.79 Å². The average molecular weight is 289 g/mol. The van der Waals surface area contributed by atoms with Crippen molar-refractivity contribution in [1.82, 2.24) is 10.2 Å². The van der Waals surface area contributed by atoms with Crippen molar-refractivity contribution in [2.75, 3.05) is 37.6 Å². The van der Waals surface area contributed by atoms with E-state index in [4.69, 9.17) is 4.74 Å². The summed E-state index contributed by atoms with van der Waals surface area (Å²) in [6.45, 7) is 9.52. The van der Waals surface area contributed by atoms with Gasteiger partial charge >= 0.3 is 6.09 Å². The summed E-state index contributed by atoms with van der Waals surface area (Å²) >= 11 is 0. The van der Waals surface area contributed by atoms with Gasteiger partial charge in [-0.3, -0.25) is 9.80 Å². The van der Waals surface area contributed by atoms with Gasteiger partial charge < -0.3 is 10.1 Å². The Bertz CT molecular complexity index is 524. The van der Waals surface area contributed by atoms with Crippen molar-refractivity contribution in [3.8, 4) is 0 Å². The molecule has 0 aliphatic carbocycles. The van der Waals surface area contributed by atoms with Gasteiger partial charge in [0.2, 0.25) is 0 Å². The lowest BCUT2D eigenvalue weighted by Gasteiger charge is -2.29. The molecule has 2 heterocycles. The Morgan fingerprint density at radius 1 is 1.24 bits per heavy atom. The molecule has 1 amide bonds. The molecule has 5 nitrogen and oxygen atoms in total. The molecule has 114 valence electrons. The van der Waals surface area contributed by atoms with Crippen LogP contribution in [0.2, 0.25) is 0 Å². The fourth-order valence-corrected chi connectivity index (χ4v) is 2.97. The summed E-state index contributed by atoms with van der Waals surface area (Å²) in [5.74, 6) is 0. The smallest absolute Gasteiger partial charge is 0.415 e. The SMILES string of the molecule is CC1(C)CN(c2ccccc2CN2CCNCC2)C(=O)O1. The normalized spacial score (nSPS) is 22.4. The minimum atomic E-state index is -0.417. The molecule has 0 radical (unpaired) electrons. The fourth-order valence-electron chi connectivity index (χ4n) is 2.97. The molecule has 0 bridgehead atoms. The van der Waals surface area contributed by atoms with Crippen molar-refractivity contribution in [2.45, 2.75) is 26.0 Å². The number of ether oxygens (including phenoxy) is 1. The third-order valence-electron chi connectivity index (χ3n) is 4.01. The molecule has 2 aliphatic heterocycles. The number of hydrogen-bond acceptors (Lipinski definition) is 4. The first kappa shape index (κ1) is 14.4. The van der Waals surface area contributed by atoms with Crippen LogP contribution in [-0.4, -0.2) is 49.3 Å². The van der Waals surface area contributed by atoms with E-state index in [9.17, 15) is 4.79 Å². The first-order valence-electron chi connectivity index (χ1n) is 7.57. The quantitative estimate of drug-likeness (QED) is 0.922. The molecule has 1 aromatic rings. The van der Waals surface area contributed by atoms with Gasteiger partial charge in [0.25, 0.3) is 0 Å². The van der Waals surface area contributed by atoms with Crippen LogP contribution in [0.15, 0.2) is 24.3 Å². The van der Waals surface area contributed by atoms with E-state index in [1.807, 2.05) is 32.0 Å². The van der Waals surface area contributed by atoms with Crippen LogP contribution in [0, 0.1) is 0 Å². The summed E-state index contributed by atoms with van der Waals surface area (Å²) in [7, 11) is 0. The maximum absolute atomic E-state index is 12.1. The number of para-hydroxylation sites is 1. The Morgan fingerprint density at radius 3 is 2.62 bits per heavy atom. The number of amides is 1. The molecule has 2 saturated heterocycles. The highest BCUT2D eigenvalue weighted by atomic mass is 16.6. The lowest BCUT2D eigenvalue weighted by Crippen LogP contribution is -2.43. The average Bonchev–Trinajstić information content (AvgIpc) is 2.74. The number of nitrogens with zero attached hydrogens (tertiary/aromatic N) is 2. The summed E-state index contributed by atoms with van der Waals surface area (Å²) in [6.07, 6.45) is -0.243. The minimum Gasteiger partial charge on any atom is -0.441 e. The second-order valence-electron chi connectivity index (χ2n) is 6.37. The third-order valence-corrected chi connectivity index (χ3v) is 4.01. The molecule has 21 heavy (non-hydrogen) atoms. The van der Waals surface area contributed by atoms with Gasteiger partial charge in [0.1, 0.15) is 5.60 Å². The zero-order chi connectivity index (χ0) is 14.9. The monoisotopic (exact) mass is 289 g/mol. The Kier molecular flexibility index (Phi) is 3.87. The van der Waals surface area contributed by atoms with Crippen LogP contribution in [0.1, 0.15) is 19.4 Å². The second kappa shape index (κ2) is 5.66. The molecule has 2 fully saturated rings. The highest BCUT2D eigenvalue weighted by molar-refractivity contribution is 5.91. The molecule has 1 aromatic carbocycles. The van der Waals surface area contributed by atoms with E-state index in [1.54, 1.807) is 4.90 Å². The minimum absolute atomic E-state index is 0.243. The second-order valence-corrected chi connectivity index (χ2v) is 6.37. The number of anilines is 1. The largest absolute Gasteiger partial charge is 0.441 e. The number of carbonyl (C=O) groups excluding carboxylic acids is 1. The van der Waals surface area contributed by atoms with Crippen LogP contribution in [-0.2, 0) is 11.3 Å². The van der Waals surface area contributed by atoms with Crippen LogP contribution in [0.25, 0.3) is 0 Å². The molecule has 0 aromatic heterocycles. The van der Waals surface area contributed by atoms with Gasteiger partial charge in [0.15, 0.2) is 0 Å². The maximum atomic E-state index is 12.1. The molecule has 2 aliphatic rings. The van der Waals surface area contributed by atoms with Crippen LogP contribution in [0.5, 0.6) is 0 Å². The lowest BCUT2D eigenvalue weighted by molar-refractivity contribution is 0.0871. The van der Waals surface area contributed by atoms with E-state index in [1.165, 1.54) is 5.56 Å². The number of nitrogens with one attached hydrogen (secondary N) is 1. The van der Waals surface area contributed by atoms with Crippen molar-refractivity contribution in [2.24, 2.45) is 0 Å². The van der Waals surface area contributed by atoms with E-state index >= 15 is 0 Å². The Balaban J connectivity index is 1.81. The van der Waals surface area contributed by atoms with Crippen LogP contribution in [0.3, 0.4) is 0 Å². The molecular formula is C16H23N3O2. The van der Waals surface area contributed by atoms with Crippen LogP contribution in [0.4, 0.5) is 10.5 Å². The molecule has 0 atom stereocenters. The van der Waals surface area contributed by atoms with E-state index in [0.717, 1.165) is 38.4 Å². The first-order valence-corrected chi connectivity index (χ1v) is 7.57. The van der Waals surface area contributed by atoms with Crippen molar-refractivity contribution >= 4 is 11.8 Å². The fraction of sp³-hybridized carbons (Fsp3) is 0.562. The standard InChI is InChI=1S/C16H23N3O2/c1-16(2)12-19(15(20)21-16)14-6-4-3-5-13(14)11-18-9-7-17-8-10-18/h3-6,17H,7-12H2,1-2H3. The number of cyclic esters (lactones) is 1. The molecule has 0 saturated carbocycles. The van der Waals surface area contributed by atoms with Crippen molar-refractivity contribution < 1.29 is 9.53 Å². The Labute approximate surface area is 125 Å². The predicted octanol–water partition coefficient (Wildman–Crippen LogP) is 1.83. The van der Waals surface area contributed by atoms with Crippen LogP contribution < -0.4 is 10.2 Å². The number of benzene rings is 1. The van der Waals surface area contributed by atoms with Gasteiger partial charge in [-0.2, -0.15) is 0 Å². The summed E-state index contributed by atoms with van der Waals surface area (Å²) in [5.41, 5.74) is 1.75. The number of rotatable bonds is 3. The highest BCUT2D eigenvalue weighted by Gasteiger charge is 2.39. The molecule has 5 heteroatoms. The zero-order valence-electron chi connectivity index (χ0n) is 12.8. The van der Waals surface area contributed by atoms with E-state index in [0.29, 0.717) is 6.54 Å². The maximum Gasteiger partial charge on any atom is 0.415 e. The summed E-state index contributed by atoms with van der Waals surface area (Å²) in [4.78, 5) is 16.3. The highest BCUT2D eigenvalue weighted by Crippen LogP contribution is 2.30. The number of hydrogen-bond donors (Lipinski definition) is 1. The van der Waals surface area contributed by atoms with Crippen LogP contribution >= 0.6 is 0 Å².